The number of benzene rings is 3. The van der Waals surface area contributed by atoms with E-state index in [1.807, 2.05) is 42.5 Å². The number of halogens is 4. The molecule has 1 aliphatic heterocycles. The number of alkyl halides is 3. The first-order chi connectivity index (χ1) is 16.7. The first kappa shape index (κ1) is 24.3. The number of allylic oxidation sites excluding steroid dienone is 1. The van der Waals surface area contributed by atoms with Crippen LogP contribution in [0.4, 0.5) is 23.7 Å². The number of anilines is 1. The highest BCUT2D eigenvalue weighted by Gasteiger charge is 2.45. The molecule has 5 nitrogen and oxygen atoms in total. The van der Waals surface area contributed by atoms with Crippen LogP contribution in [0.3, 0.4) is 0 Å². The van der Waals surface area contributed by atoms with Crippen LogP contribution in [0.2, 0.25) is 5.02 Å². The van der Waals surface area contributed by atoms with Gasteiger partial charge >= 0.3 is 12.4 Å². The quantitative estimate of drug-likeness (QED) is 0.371. The number of urea groups is 1. The van der Waals surface area contributed by atoms with Gasteiger partial charge in [0.1, 0.15) is 5.75 Å². The molecule has 4 rings (SSSR count). The van der Waals surface area contributed by atoms with E-state index in [1.54, 1.807) is 18.2 Å². The van der Waals surface area contributed by atoms with Crippen molar-refractivity contribution in [2.45, 2.75) is 18.2 Å². The Morgan fingerprint density at radius 3 is 2.34 bits per heavy atom. The Hall–Kier alpha value is -3.78. The molecule has 0 fully saturated rings. The molecule has 1 aliphatic rings. The van der Waals surface area contributed by atoms with E-state index < -0.39 is 17.8 Å². The molecule has 0 spiro atoms. The van der Waals surface area contributed by atoms with E-state index in [9.17, 15) is 18.0 Å². The number of hydrazone groups is 1. The molecule has 0 aromatic heterocycles. The average Bonchev–Trinajstić information content (AvgIpc) is 3.21. The lowest BCUT2D eigenvalue weighted by atomic mass is 9.72. The van der Waals surface area contributed by atoms with Gasteiger partial charge in [-0.15, -0.1) is 19.8 Å². The number of hydrogen-bond acceptors (Lipinski definition) is 3. The Morgan fingerprint density at radius 2 is 1.74 bits per heavy atom. The third kappa shape index (κ3) is 5.49. The summed E-state index contributed by atoms with van der Waals surface area (Å²) in [6, 6.07) is 21.3. The van der Waals surface area contributed by atoms with Crippen molar-refractivity contribution in [1.82, 2.24) is 5.01 Å². The third-order valence-electron chi connectivity index (χ3n) is 5.60. The highest BCUT2D eigenvalue weighted by molar-refractivity contribution is 6.30. The standard InChI is InChI=1S/C26H21ClF3N3O2/c1-2-16-25(19-6-4-3-5-7-19)17-33(32-23(25)18-8-10-20(27)11-9-18)24(34)31-21-12-14-22(15-13-21)35-26(28,29)30/h2-15H,1,16-17H2,(H,31,34). The molecule has 0 aliphatic carbocycles. The van der Waals surface area contributed by atoms with Crippen LogP contribution in [-0.4, -0.2) is 29.7 Å². The molecular weight excluding hydrogens is 479 g/mol. The molecule has 2 amide bonds. The van der Waals surface area contributed by atoms with Gasteiger partial charge in [-0.05, 0) is 53.9 Å². The first-order valence-corrected chi connectivity index (χ1v) is 11.0. The predicted octanol–water partition coefficient (Wildman–Crippen LogP) is 7.00. The van der Waals surface area contributed by atoms with Crippen LogP contribution in [-0.2, 0) is 5.41 Å². The molecule has 0 radical (unpaired) electrons. The second-order valence-corrected chi connectivity index (χ2v) is 8.39. The highest BCUT2D eigenvalue weighted by Crippen LogP contribution is 2.39. The number of ether oxygens (including phenoxy) is 1. The monoisotopic (exact) mass is 499 g/mol. The summed E-state index contributed by atoms with van der Waals surface area (Å²) < 4.78 is 41.1. The fourth-order valence-corrected chi connectivity index (χ4v) is 4.21. The third-order valence-corrected chi connectivity index (χ3v) is 5.86. The van der Waals surface area contributed by atoms with Gasteiger partial charge in [-0.1, -0.05) is 60.1 Å². The minimum Gasteiger partial charge on any atom is -0.406 e. The summed E-state index contributed by atoms with van der Waals surface area (Å²) in [5, 5.41) is 9.25. The van der Waals surface area contributed by atoms with Crippen LogP contribution < -0.4 is 10.1 Å². The van der Waals surface area contributed by atoms with Crippen LogP contribution in [0.25, 0.3) is 0 Å². The number of nitrogens with zero attached hydrogens (tertiary/aromatic N) is 2. The Morgan fingerprint density at radius 1 is 1.09 bits per heavy atom. The van der Waals surface area contributed by atoms with Gasteiger partial charge in [0.2, 0.25) is 0 Å². The van der Waals surface area contributed by atoms with Crippen molar-refractivity contribution in [3.63, 3.8) is 0 Å². The summed E-state index contributed by atoms with van der Waals surface area (Å²) in [7, 11) is 0. The summed E-state index contributed by atoms with van der Waals surface area (Å²) in [6.07, 6.45) is -2.48. The molecule has 3 aromatic rings. The summed E-state index contributed by atoms with van der Waals surface area (Å²) >= 11 is 6.08. The lowest BCUT2D eigenvalue weighted by Gasteiger charge is -2.30. The fraction of sp³-hybridized carbons (Fsp3) is 0.154. The lowest BCUT2D eigenvalue weighted by molar-refractivity contribution is -0.274. The van der Waals surface area contributed by atoms with Gasteiger partial charge in [0.25, 0.3) is 0 Å². The van der Waals surface area contributed by atoms with Crippen LogP contribution >= 0.6 is 11.6 Å². The summed E-state index contributed by atoms with van der Waals surface area (Å²) in [5.41, 5.74) is 2.11. The second kappa shape index (κ2) is 9.84. The molecule has 0 bridgehead atoms. The average molecular weight is 500 g/mol. The van der Waals surface area contributed by atoms with E-state index in [0.29, 0.717) is 22.8 Å². The fourth-order valence-electron chi connectivity index (χ4n) is 4.08. The minimum atomic E-state index is -4.79. The Labute approximate surface area is 205 Å². The number of hydrogen-bond donors (Lipinski definition) is 1. The Kier molecular flexibility index (Phi) is 6.84. The molecule has 1 heterocycles. The number of carbonyl (C=O) groups excluding carboxylic acids is 1. The molecule has 1 atom stereocenters. The van der Waals surface area contributed by atoms with E-state index in [-0.39, 0.29) is 12.3 Å². The van der Waals surface area contributed by atoms with Crippen molar-refractivity contribution in [3.8, 4) is 5.75 Å². The molecular formula is C26H21ClF3N3O2. The van der Waals surface area contributed by atoms with E-state index in [0.717, 1.165) is 23.3 Å². The number of nitrogens with one attached hydrogen (secondary N) is 1. The highest BCUT2D eigenvalue weighted by atomic mass is 35.5. The van der Waals surface area contributed by atoms with E-state index in [1.165, 1.54) is 17.1 Å². The van der Waals surface area contributed by atoms with Crippen LogP contribution in [0, 0.1) is 0 Å². The zero-order chi connectivity index (χ0) is 25.1. The number of carbonyl (C=O) groups is 1. The summed E-state index contributed by atoms with van der Waals surface area (Å²) in [4.78, 5) is 13.1. The van der Waals surface area contributed by atoms with Crippen molar-refractivity contribution in [3.05, 3.63) is 108 Å². The van der Waals surface area contributed by atoms with Gasteiger partial charge in [-0.25, -0.2) is 9.80 Å². The van der Waals surface area contributed by atoms with Crippen molar-refractivity contribution in [2.24, 2.45) is 5.10 Å². The zero-order valence-corrected chi connectivity index (χ0v) is 19.2. The maximum Gasteiger partial charge on any atom is 0.573 e. The van der Waals surface area contributed by atoms with Gasteiger partial charge < -0.3 is 10.1 Å². The van der Waals surface area contributed by atoms with Crippen molar-refractivity contribution in [1.29, 1.82) is 0 Å². The molecule has 9 heteroatoms. The minimum absolute atomic E-state index is 0.238. The SMILES string of the molecule is C=CCC1(c2ccccc2)CN(C(=O)Nc2ccc(OC(F)(F)F)cc2)N=C1c1ccc(Cl)cc1. The van der Waals surface area contributed by atoms with Gasteiger partial charge in [-0.2, -0.15) is 5.10 Å². The summed E-state index contributed by atoms with van der Waals surface area (Å²) in [6.45, 7) is 4.16. The van der Waals surface area contributed by atoms with Crippen molar-refractivity contribution in [2.75, 3.05) is 11.9 Å². The molecule has 0 saturated heterocycles. The van der Waals surface area contributed by atoms with Gasteiger partial charge in [-0.3, -0.25) is 0 Å². The number of rotatable bonds is 6. The Balaban J connectivity index is 1.64. The van der Waals surface area contributed by atoms with E-state index in [4.69, 9.17) is 11.6 Å². The van der Waals surface area contributed by atoms with Gasteiger partial charge in [0, 0.05) is 10.7 Å². The van der Waals surface area contributed by atoms with Crippen LogP contribution in [0.15, 0.2) is 96.6 Å². The van der Waals surface area contributed by atoms with Crippen LogP contribution in [0.5, 0.6) is 5.75 Å². The largest absolute Gasteiger partial charge is 0.573 e. The zero-order valence-electron chi connectivity index (χ0n) is 18.4. The molecule has 0 saturated carbocycles. The van der Waals surface area contributed by atoms with E-state index in [2.05, 4.69) is 21.7 Å². The first-order valence-electron chi connectivity index (χ1n) is 10.7. The molecule has 180 valence electrons. The van der Waals surface area contributed by atoms with E-state index >= 15 is 0 Å². The molecule has 35 heavy (non-hydrogen) atoms. The van der Waals surface area contributed by atoms with Crippen molar-refractivity contribution >= 4 is 29.0 Å². The number of amides is 2. The second-order valence-electron chi connectivity index (χ2n) is 7.96. The predicted molar refractivity (Wildman–Crippen MR) is 130 cm³/mol. The Bertz CT molecular complexity index is 1230. The van der Waals surface area contributed by atoms with Gasteiger partial charge in [0.15, 0.2) is 0 Å². The molecule has 3 aromatic carbocycles. The normalized spacial score (nSPS) is 17.6. The van der Waals surface area contributed by atoms with Crippen molar-refractivity contribution < 1.29 is 22.7 Å². The van der Waals surface area contributed by atoms with Crippen LogP contribution in [0.1, 0.15) is 17.5 Å². The maximum absolute atomic E-state index is 13.1. The van der Waals surface area contributed by atoms with Gasteiger partial charge in [0.05, 0.1) is 17.7 Å². The summed E-state index contributed by atoms with van der Waals surface area (Å²) in [5.74, 6) is -0.381. The topological polar surface area (TPSA) is 53.9 Å². The maximum atomic E-state index is 13.1. The smallest absolute Gasteiger partial charge is 0.406 e. The lowest BCUT2D eigenvalue weighted by Crippen LogP contribution is -2.41. The molecule has 1 unspecified atom stereocenters. The molecule has 1 N–H and O–H groups in total.